The molecule has 0 radical (unpaired) electrons. The molecule has 2 aromatic rings. The Kier molecular flexibility index (Phi) is 3.08. The number of benzene rings is 1. The number of aromatic nitrogens is 3. The first-order chi connectivity index (χ1) is 8.74. The van der Waals surface area contributed by atoms with Gasteiger partial charge >= 0.3 is 0 Å². The predicted octanol–water partition coefficient (Wildman–Crippen LogP) is 3.42. The maximum atomic E-state index is 6.17. The molecule has 1 aliphatic rings. The van der Waals surface area contributed by atoms with Crippen molar-refractivity contribution in [3.63, 3.8) is 0 Å². The smallest absolute Gasteiger partial charge is 0.155 e. The SMILES string of the molecule is CC1CCCn2nc(Cc3ccccc3Cl)nc21. The van der Waals surface area contributed by atoms with Crippen molar-refractivity contribution in [3.05, 3.63) is 46.5 Å². The fourth-order valence-corrected chi connectivity index (χ4v) is 2.70. The predicted molar refractivity (Wildman–Crippen MR) is 71.9 cm³/mol. The molecule has 0 N–H and O–H groups in total. The quantitative estimate of drug-likeness (QED) is 0.829. The molecule has 18 heavy (non-hydrogen) atoms. The van der Waals surface area contributed by atoms with Gasteiger partial charge in [0.15, 0.2) is 5.82 Å². The van der Waals surface area contributed by atoms with E-state index in [1.807, 2.05) is 24.3 Å². The Morgan fingerprint density at radius 3 is 3.00 bits per heavy atom. The number of rotatable bonds is 2. The van der Waals surface area contributed by atoms with E-state index in [-0.39, 0.29) is 0 Å². The second-order valence-corrected chi connectivity index (χ2v) is 5.33. The van der Waals surface area contributed by atoms with Crippen LogP contribution in [0.3, 0.4) is 0 Å². The largest absolute Gasteiger partial charge is 0.250 e. The van der Waals surface area contributed by atoms with Gasteiger partial charge in [-0.2, -0.15) is 5.10 Å². The molecule has 0 bridgehead atoms. The van der Waals surface area contributed by atoms with E-state index < -0.39 is 0 Å². The third kappa shape index (κ3) is 2.15. The molecule has 0 saturated carbocycles. The molecule has 1 aromatic carbocycles. The third-order valence-corrected chi connectivity index (χ3v) is 3.87. The van der Waals surface area contributed by atoms with Crippen molar-refractivity contribution in [2.75, 3.05) is 0 Å². The molecule has 1 aromatic heterocycles. The normalized spacial score (nSPS) is 18.7. The van der Waals surface area contributed by atoms with Crippen molar-refractivity contribution in [2.45, 2.75) is 38.6 Å². The van der Waals surface area contributed by atoms with Crippen molar-refractivity contribution < 1.29 is 0 Å². The second-order valence-electron chi connectivity index (χ2n) is 4.92. The van der Waals surface area contributed by atoms with Crippen molar-refractivity contribution in [1.29, 1.82) is 0 Å². The van der Waals surface area contributed by atoms with Crippen LogP contribution < -0.4 is 0 Å². The number of fused-ring (bicyclic) bond motifs is 1. The summed E-state index contributed by atoms with van der Waals surface area (Å²) in [6, 6.07) is 7.89. The molecule has 0 aliphatic carbocycles. The van der Waals surface area contributed by atoms with Crippen LogP contribution >= 0.6 is 11.6 Å². The molecular formula is C14H16ClN3. The van der Waals surface area contributed by atoms with Crippen LogP contribution in [-0.2, 0) is 13.0 Å². The molecule has 0 fully saturated rings. The molecule has 1 aliphatic heterocycles. The van der Waals surface area contributed by atoms with E-state index in [1.54, 1.807) is 0 Å². The average Bonchev–Trinajstić information content (AvgIpc) is 2.76. The fourth-order valence-electron chi connectivity index (χ4n) is 2.50. The lowest BCUT2D eigenvalue weighted by molar-refractivity contribution is 0.431. The van der Waals surface area contributed by atoms with Crippen molar-refractivity contribution in [3.8, 4) is 0 Å². The van der Waals surface area contributed by atoms with Crippen molar-refractivity contribution in [2.24, 2.45) is 0 Å². The van der Waals surface area contributed by atoms with Crippen LogP contribution in [0.1, 0.15) is 42.9 Å². The maximum absolute atomic E-state index is 6.17. The Morgan fingerprint density at radius 1 is 1.39 bits per heavy atom. The molecule has 1 unspecified atom stereocenters. The Bertz CT molecular complexity index is 562. The van der Waals surface area contributed by atoms with Gasteiger partial charge in [-0.25, -0.2) is 9.67 Å². The summed E-state index contributed by atoms with van der Waals surface area (Å²) in [6.07, 6.45) is 3.12. The summed E-state index contributed by atoms with van der Waals surface area (Å²) >= 11 is 6.17. The van der Waals surface area contributed by atoms with Gasteiger partial charge in [0.25, 0.3) is 0 Å². The Labute approximate surface area is 112 Å². The standard InChI is InChI=1S/C14H16ClN3/c1-10-5-4-8-18-14(10)16-13(17-18)9-11-6-2-3-7-12(11)15/h2-3,6-7,10H,4-5,8-9H2,1H3. The topological polar surface area (TPSA) is 30.7 Å². The zero-order valence-corrected chi connectivity index (χ0v) is 11.2. The van der Waals surface area contributed by atoms with Crippen molar-refractivity contribution in [1.82, 2.24) is 14.8 Å². The van der Waals surface area contributed by atoms with E-state index in [4.69, 9.17) is 11.6 Å². The number of hydrogen-bond acceptors (Lipinski definition) is 2. The van der Waals surface area contributed by atoms with Crippen LogP contribution in [0, 0.1) is 0 Å². The highest BCUT2D eigenvalue weighted by molar-refractivity contribution is 6.31. The van der Waals surface area contributed by atoms with Gasteiger partial charge in [-0.1, -0.05) is 36.7 Å². The average molecular weight is 262 g/mol. The summed E-state index contributed by atoms with van der Waals surface area (Å²) in [7, 11) is 0. The zero-order chi connectivity index (χ0) is 12.5. The summed E-state index contributed by atoms with van der Waals surface area (Å²) in [5.74, 6) is 2.53. The summed E-state index contributed by atoms with van der Waals surface area (Å²) in [6.45, 7) is 3.22. The van der Waals surface area contributed by atoms with E-state index in [2.05, 4.69) is 21.7 Å². The number of aryl methyl sites for hydroxylation is 1. The van der Waals surface area contributed by atoms with E-state index in [9.17, 15) is 0 Å². The summed E-state index contributed by atoms with van der Waals surface area (Å²) < 4.78 is 2.06. The second kappa shape index (κ2) is 4.73. The number of hydrogen-bond donors (Lipinski definition) is 0. The van der Waals surface area contributed by atoms with E-state index >= 15 is 0 Å². The van der Waals surface area contributed by atoms with Gasteiger partial charge in [0.2, 0.25) is 0 Å². The van der Waals surface area contributed by atoms with Crippen LogP contribution in [0.5, 0.6) is 0 Å². The summed E-state index contributed by atoms with van der Waals surface area (Å²) in [5.41, 5.74) is 1.09. The first kappa shape index (κ1) is 11.7. The van der Waals surface area contributed by atoms with Crippen LogP contribution in [-0.4, -0.2) is 14.8 Å². The van der Waals surface area contributed by atoms with E-state index in [0.717, 1.165) is 28.8 Å². The highest BCUT2D eigenvalue weighted by atomic mass is 35.5. The van der Waals surface area contributed by atoms with E-state index in [1.165, 1.54) is 12.8 Å². The Morgan fingerprint density at radius 2 is 2.22 bits per heavy atom. The van der Waals surface area contributed by atoms with Crippen LogP contribution in [0.25, 0.3) is 0 Å². The van der Waals surface area contributed by atoms with Gasteiger partial charge in [0.05, 0.1) is 0 Å². The lowest BCUT2D eigenvalue weighted by Gasteiger charge is -2.17. The van der Waals surface area contributed by atoms with Gasteiger partial charge < -0.3 is 0 Å². The van der Waals surface area contributed by atoms with Crippen LogP contribution in [0.4, 0.5) is 0 Å². The molecule has 0 spiro atoms. The van der Waals surface area contributed by atoms with Gasteiger partial charge in [-0.3, -0.25) is 0 Å². The zero-order valence-electron chi connectivity index (χ0n) is 10.4. The molecule has 0 saturated heterocycles. The maximum Gasteiger partial charge on any atom is 0.155 e. The van der Waals surface area contributed by atoms with Gasteiger partial charge in [0, 0.05) is 23.9 Å². The van der Waals surface area contributed by atoms with Crippen LogP contribution in [0.2, 0.25) is 5.02 Å². The number of nitrogens with zero attached hydrogens (tertiary/aromatic N) is 3. The molecule has 3 nitrogen and oxygen atoms in total. The highest BCUT2D eigenvalue weighted by Gasteiger charge is 2.20. The first-order valence-electron chi connectivity index (χ1n) is 6.41. The highest BCUT2D eigenvalue weighted by Crippen LogP contribution is 2.25. The molecule has 94 valence electrons. The monoisotopic (exact) mass is 261 g/mol. The third-order valence-electron chi connectivity index (χ3n) is 3.50. The minimum Gasteiger partial charge on any atom is -0.250 e. The van der Waals surface area contributed by atoms with Gasteiger partial charge in [-0.05, 0) is 24.5 Å². The molecular weight excluding hydrogens is 246 g/mol. The fraction of sp³-hybridized carbons (Fsp3) is 0.429. The Balaban J connectivity index is 1.88. The molecule has 0 amide bonds. The lowest BCUT2D eigenvalue weighted by atomic mass is 10.0. The first-order valence-corrected chi connectivity index (χ1v) is 6.79. The van der Waals surface area contributed by atoms with Gasteiger partial charge in [-0.15, -0.1) is 0 Å². The van der Waals surface area contributed by atoms with Crippen LogP contribution in [0.15, 0.2) is 24.3 Å². The van der Waals surface area contributed by atoms with Crippen molar-refractivity contribution >= 4 is 11.6 Å². The van der Waals surface area contributed by atoms with E-state index in [0.29, 0.717) is 12.3 Å². The molecule has 1 atom stereocenters. The number of halogens is 1. The molecule has 4 heteroatoms. The summed E-state index contributed by atoms with van der Waals surface area (Å²) in [4.78, 5) is 4.66. The molecule has 3 rings (SSSR count). The minimum atomic E-state index is 0.520. The Hall–Kier alpha value is -1.35. The summed E-state index contributed by atoms with van der Waals surface area (Å²) in [5, 5.41) is 5.37. The minimum absolute atomic E-state index is 0.520. The van der Waals surface area contributed by atoms with Gasteiger partial charge in [0.1, 0.15) is 5.82 Å². The molecule has 2 heterocycles. The lowest BCUT2D eigenvalue weighted by Crippen LogP contribution is -2.14.